The Kier molecular flexibility index (Phi) is 4.27. The first-order valence-electron chi connectivity index (χ1n) is 3.53. The highest BCUT2D eigenvalue weighted by Gasteiger charge is 2.22. The molecule has 0 spiro atoms. The van der Waals surface area contributed by atoms with Crippen molar-refractivity contribution in [1.82, 2.24) is 4.98 Å². The van der Waals surface area contributed by atoms with Gasteiger partial charge in [0.2, 0.25) is 0 Å². The fourth-order valence-corrected chi connectivity index (χ4v) is 2.13. The van der Waals surface area contributed by atoms with Crippen LogP contribution in [0, 0.1) is 0 Å². The lowest BCUT2D eigenvalue weighted by atomic mass is 10.3. The van der Waals surface area contributed by atoms with Crippen LogP contribution in [0.3, 0.4) is 0 Å². The Balaban J connectivity index is 2.71. The molecule has 0 saturated carbocycles. The van der Waals surface area contributed by atoms with E-state index in [2.05, 4.69) is 20.9 Å². The zero-order valence-electron chi connectivity index (χ0n) is 7.23. The number of ether oxygens (including phenoxy) is 2. The van der Waals surface area contributed by atoms with Gasteiger partial charge in [0.1, 0.15) is 9.61 Å². The van der Waals surface area contributed by atoms with Crippen molar-refractivity contribution < 1.29 is 14.6 Å². The first kappa shape index (κ1) is 11.1. The highest BCUT2D eigenvalue weighted by molar-refractivity contribution is 9.10. The van der Waals surface area contributed by atoms with Crippen LogP contribution in [0.15, 0.2) is 9.98 Å². The molecule has 1 aromatic heterocycles. The van der Waals surface area contributed by atoms with E-state index in [0.29, 0.717) is 9.61 Å². The number of methoxy groups -OCH3 is 2. The molecule has 1 unspecified atom stereocenters. The molecule has 0 aliphatic carbocycles. The van der Waals surface area contributed by atoms with Crippen molar-refractivity contribution in [3.05, 3.63) is 15.0 Å². The van der Waals surface area contributed by atoms with E-state index in [9.17, 15) is 5.11 Å². The molecule has 1 rings (SSSR count). The molecular formula is C7H10BrNO3S. The maximum atomic E-state index is 9.67. The quantitative estimate of drug-likeness (QED) is 0.842. The number of thiazole rings is 1. The molecule has 0 radical (unpaired) electrons. The Morgan fingerprint density at radius 1 is 1.54 bits per heavy atom. The maximum Gasteiger partial charge on any atom is 0.189 e. The van der Waals surface area contributed by atoms with Gasteiger partial charge in [0, 0.05) is 19.6 Å². The summed E-state index contributed by atoms with van der Waals surface area (Å²) in [5, 5.41) is 12.0. The summed E-state index contributed by atoms with van der Waals surface area (Å²) in [6.07, 6.45) is -1.51. The Morgan fingerprint density at radius 2 is 2.15 bits per heavy atom. The van der Waals surface area contributed by atoms with Crippen molar-refractivity contribution >= 4 is 27.3 Å². The van der Waals surface area contributed by atoms with Crippen molar-refractivity contribution in [3.8, 4) is 0 Å². The van der Waals surface area contributed by atoms with Crippen LogP contribution in [0.4, 0.5) is 0 Å². The zero-order chi connectivity index (χ0) is 9.84. The molecule has 0 amide bonds. The molecule has 1 atom stereocenters. The molecule has 0 aliphatic heterocycles. The minimum absolute atomic E-state index is 0.570. The molecule has 0 saturated heterocycles. The third kappa shape index (κ3) is 2.72. The van der Waals surface area contributed by atoms with Gasteiger partial charge in [-0.25, -0.2) is 4.98 Å². The molecule has 0 aliphatic rings. The van der Waals surface area contributed by atoms with E-state index in [1.165, 1.54) is 25.6 Å². The fraction of sp³-hybridized carbons (Fsp3) is 0.571. The average molecular weight is 268 g/mol. The number of halogens is 1. The minimum Gasteiger partial charge on any atom is -0.381 e. The van der Waals surface area contributed by atoms with Crippen LogP contribution >= 0.6 is 27.3 Å². The van der Waals surface area contributed by atoms with Gasteiger partial charge in [0.15, 0.2) is 12.4 Å². The Hall–Kier alpha value is -0.0100. The second kappa shape index (κ2) is 5.02. The number of aliphatic hydroxyl groups is 1. The topological polar surface area (TPSA) is 51.6 Å². The molecule has 4 nitrogen and oxygen atoms in total. The van der Waals surface area contributed by atoms with E-state index >= 15 is 0 Å². The molecule has 74 valence electrons. The van der Waals surface area contributed by atoms with Gasteiger partial charge >= 0.3 is 0 Å². The van der Waals surface area contributed by atoms with Crippen molar-refractivity contribution in [3.63, 3.8) is 0 Å². The summed E-state index contributed by atoms with van der Waals surface area (Å²) in [5.74, 6) is 0. The van der Waals surface area contributed by atoms with Crippen LogP contribution in [0.25, 0.3) is 0 Å². The molecule has 6 heteroatoms. The van der Waals surface area contributed by atoms with E-state index in [4.69, 9.17) is 9.47 Å². The zero-order valence-corrected chi connectivity index (χ0v) is 9.63. The maximum absolute atomic E-state index is 9.67. The van der Waals surface area contributed by atoms with Crippen LogP contribution in [0.1, 0.15) is 11.1 Å². The van der Waals surface area contributed by atoms with Crippen molar-refractivity contribution in [2.24, 2.45) is 0 Å². The van der Waals surface area contributed by atoms with Gasteiger partial charge in [0.05, 0.1) is 0 Å². The lowest BCUT2D eigenvalue weighted by Crippen LogP contribution is -2.22. The molecule has 1 N–H and O–H groups in total. The normalized spacial score (nSPS) is 13.6. The Morgan fingerprint density at radius 3 is 2.54 bits per heavy atom. The summed E-state index contributed by atoms with van der Waals surface area (Å²) in [7, 11) is 2.94. The van der Waals surface area contributed by atoms with E-state index in [1.54, 1.807) is 5.38 Å². The molecule has 0 aromatic carbocycles. The third-order valence-corrected chi connectivity index (χ3v) is 3.09. The summed E-state index contributed by atoms with van der Waals surface area (Å²) in [6.45, 7) is 0. The molecule has 1 heterocycles. The standard InChI is InChI=1S/C7H10BrNO3S/c1-11-7(12-2)5(10)6-9-4(8)3-13-6/h3,5,7,10H,1-2H3. The minimum atomic E-state index is -0.841. The van der Waals surface area contributed by atoms with E-state index in [0.717, 1.165) is 0 Å². The monoisotopic (exact) mass is 267 g/mol. The predicted octanol–water partition coefficient (Wildman–Crippen LogP) is 1.56. The fourth-order valence-electron chi connectivity index (χ4n) is 0.873. The molecule has 13 heavy (non-hydrogen) atoms. The lowest BCUT2D eigenvalue weighted by molar-refractivity contribution is -0.166. The molecule has 0 fully saturated rings. The molecular weight excluding hydrogens is 258 g/mol. The van der Waals surface area contributed by atoms with E-state index < -0.39 is 12.4 Å². The largest absolute Gasteiger partial charge is 0.381 e. The average Bonchev–Trinajstić information content (AvgIpc) is 2.54. The number of aliphatic hydroxyl groups excluding tert-OH is 1. The summed E-state index contributed by atoms with van der Waals surface area (Å²) in [4.78, 5) is 4.05. The van der Waals surface area contributed by atoms with Gasteiger partial charge in [-0.3, -0.25) is 0 Å². The predicted molar refractivity (Wildman–Crippen MR) is 52.6 cm³/mol. The van der Waals surface area contributed by atoms with Crippen molar-refractivity contribution in [2.45, 2.75) is 12.4 Å². The van der Waals surface area contributed by atoms with Crippen molar-refractivity contribution in [1.29, 1.82) is 0 Å². The number of hydrogen-bond donors (Lipinski definition) is 1. The Bertz CT molecular complexity index is 264. The SMILES string of the molecule is COC(OC)C(O)c1nc(Br)cs1. The highest BCUT2D eigenvalue weighted by Crippen LogP contribution is 2.24. The highest BCUT2D eigenvalue weighted by atomic mass is 79.9. The first-order chi connectivity index (χ1) is 6.19. The number of nitrogens with zero attached hydrogens (tertiary/aromatic N) is 1. The van der Waals surface area contributed by atoms with Gasteiger partial charge in [-0.1, -0.05) is 0 Å². The molecule has 0 bridgehead atoms. The smallest absolute Gasteiger partial charge is 0.189 e. The van der Waals surface area contributed by atoms with Gasteiger partial charge < -0.3 is 14.6 Å². The van der Waals surface area contributed by atoms with Gasteiger partial charge in [-0.05, 0) is 15.9 Å². The second-order valence-electron chi connectivity index (χ2n) is 2.29. The third-order valence-electron chi connectivity index (χ3n) is 1.47. The summed E-state index contributed by atoms with van der Waals surface area (Å²) in [6, 6.07) is 0. The number of aromatic nitrogens is 1. The second-order valence-corrected chi connectivity index (χ2v) is 4.00. The Labute approximate surface area is 88.6 Å². The van der Waals surface area contributed by atoms with E-state index in [-0.39, 0.29) is 0 Å². The first-order valence-corrected chi connectivity index (χ1v) is 5.21. The van der Waals surface area contributed by atoms with Crippen LogP contribution in [0.2, 0.25) is 0 Å². The summed E-state index contributed by atoms with van der Waals surface area (Å²) in [5.41, 5.74) is 0. The number of rotatable bonds is 4. The summed E-state index contributed by atoms with van der Waals surface area (Å²) < 4.78 is 10.5. The van der Waals surface area contributed by atoms with Crippen molar-refractivity contribution in [2.75, 3.05) is 14.2 Å². The van der Waals surface area contributed by atoms with Crippen LogP contribution < -0.4 is 0 Å². The van der Waals surface area contributed by atoms with Gasteiger partial charge in [0.25, 0.3) is 0 Å². The summed E-state index contributed by atoms with van der Waals surface area (Å²) >= 11 is 4.55. The van der Waals surface area contributed by atoms with Crippen LogP contribution in [0.5, 0.6) is 0 Å². The van der Waals surface area contributed by atoms with Crippen LogP contribution in [-0.4, -0.2) is 30.6 Å². The lowest BCUT2D eigenvalue weighted by Gasteiger charge is -2.17. The van der Waals surface area contributed by atoms with Gasteiger partial charge in [-0.2, -0.15) is 0 Å². The molecule has 1 aromatic rings. The number of hydrogen-bond acceptors (Lipinski definition) is 5. The van der Waals surface area contributed by atoms with Gasteiger partial charge in [-0.15, -0.1) is 11.3 Å². The van der Waals surface area contributed by atoms with E-state index in [1.807, 2.05) is 0 Å². The van der Waals surface area contributed by atoms with Crippen LogP contribution in [-0.2, 0) is 9.47 Å².